The van der Waals surface area contributed by atoms with Crippen LogP contribution in [0.4, 0.5) is 0 Å². The smallest absolute Gasteiger partial charge is 0.305 e. The Kier molecular flexibility index (Phi) is 3.93. The molecule has 94 valence electrons. The van der Waals surface area contributed by atoms with Gasteiger partial charge in [0.05, 0.1) is 18.2 Å². The molecule has 0 aliphatic carbocycles. The second-order valence-corrected chi connectivity index (χ2v) is 4.33. The number of nitrogens with one attached hydrogen (secondary N) is 1. The molecular weight excluding hydrogens is 222 g/mol. The van der Waals surface area contributed by atoms with E-state index < -0.39 is 11.5 Å². The number of aliphatic carboxylic acids is 1. The third-order valence-corrected chi connectivity index (χ3v) is 2.84. The van der Waals surface area contributed by atoms with Gasteiger partial charge in [0, 0.05) is 5.54 Å². The lowest BCUT2D eigenvalue weighted by Crippen LogP contribution is -2.47. The first-order valence-electron chi connectivity index (χ1n) is 5.46. The minimum Gasteiger partial charge on any atom is -0.481 e. The Morgan fingerprint density at radius 3 is 2.59 bits per heavy atom. The van der Waals surface area contributed by atoms with Crippen molar-refractivity contribution >= 4 is 11.9 Å². The molecule has 1 aromatic heterocycles. The fourth-order valence-corrected chi connectivity index (χ4v) is 1.55. The van der Waals surface area contributed by atoms with E-state index in [9.17, 15) is 9.59 Å². The molecule has 0 aliphatic heterocycles. The van der Waals surface area contributed by atoms with Crippen molar-refractivity contribution in [2.24, 2.45) is 0 Å². The zero-order valence-corrected chi connectivity index (χ0v) is 10.2. The van der Waals surface area contributed by atoms with Crippen LogP contribution in [0, 0.1) is 6.92 Å². The Bertz CT molecular complexity index is 424. The summed E-state index contributed by atoms with van der Waals surface area (Å²) in [6.45, 7) is 5.25. The van der Waals surface area contributed by atoms with Crippen molar-refractivity contribution in [3.8, 4) is 0 Å². The Morgan fingerprint density at radius 2 is 2.18 bits per heavy atom. The van der Waals surface area contributed by atoms with E-state index in [2.05, 4.69) is 5.32 Å². The van der Waals surface area contributed by atoms with Gasteiger partial charge in [-0.15, -0.1) is 0 Å². The number of rotatable bonds is 5. The number of carboxylic acid groups (broad SMARTS) is 1. The van der Waals surface area contributed by atoms with Crippen molar-refractivity contribution in [3.63, 3.8) is 0 Å². The molecule has 1 heterocycles. The molecule has 0 unspecified atom stereocenters. The van der Waals surface area contributed by atoms with E-state index in [1.165, 1.54) is 6.26 Å². The number of carbonyl (C=O) groups is 2. The molecule has 17 heavy (non-hydrogen) atoms. The third kappa shape index (κ3) is 3.34. The fourth-order valence-electron chi connectivity index (χ4n) is 1.55. The van der Waals surface area contributed by atoms with E-state index in [1.807, 2.05) is 6.92 Å². The fraction of sp³-hybridized carbons (Fsp3) is 0.500. The molecule has 5 heteroatoms. The maximum Gasteiger partial charge on any atom is 0.305 e. The Hall–Kier alpha value is -1.78. The highest BCUT2D eigenvalue weighted by atomic mass is 16.4. The summed E-state index contributed by atoms with van der Waals surface area (Å²) in [7, 11) is 0. The summed E-state index contributed by atoms with van der Waals surface area (Å²) in [4.78, 5) is 22.7. The molecule has 0 radical (unpaired) electrons. The highest BCUT2D eigenvalue weighted by molar-refractivity contribution is 5.95. The van der Waals surface area contributed by atoms with Crippen LogP contribution in [0.25, 0.3) is 0 Å². The van der Waals surface area contributed by atoms with Crippen LogP contribution >= 0.6 is 0 Å². The van der Waals surface area contributed by atoms with Gasteiger partial charge in [-0.1, -0.05) is 6.92 Å². The van der Waals surface area contributed by atoms with Gasteiger partial charge in [0.2, 0.25) is 0 Å². The Morgan fingerprint density at radius 1 is 1.53 bits per heavy atom. The van der Waals surface area contributed by atoms with Crippen LogP contribution < -0.4 is 5.32 Å². The van der Waals surface area contributed by atoms with Crippen LogP contribution in [-0.2, 0) is 4.79 Å². The lowest BCUT2D eigenvalue weighted by molar-refractivity contribution is -0.138. The van der Waals surface area contributed by atoms with Crippen LogP contribution in [0.15, 0.2) is 16.7 Å². The second kappa shape index (κ2) is 5.03. The summed E-state index contributed by atoms with van der Waals surface area (Å²) < 4.78 is 5.04. The van der Waals surface area contributed by atoms with Crippen molar-refractivity contribution in [3.05, 3.63) is 23.7 Å². The molecule has 0 aromatic carbocycles. The predicted octanol–water partition coefficient (Wildman–Crippen LogP) is 1.96. The summed E-state index contributed by atoms with van der Waals surface area (Å²) in [5, 5.41) is 11.5. The molecule has 0 aliphatic rings. The van der Waals surface area contributed by atoms with Gasteiger partial charge in [-0.2, -0.15) is 0 Å². The first-order valence-corrected chi connectivity index (χ1v) is 5.46. The van der Waals surface area contributed by atoms with Gasteiger partial charge in [-0.3, -0.25) is 9.59 Å². The van der Waals surface area contributed by atoms with Gasteiger partial charge >= 0.3 is 5.97 Å². The third-order valence-electron chi connectivity index (χ3n) is 2.84. The largest absolute Gasteiger partial charge is 0.481 e. The molecule has 0 saturated carbocycles. The highest BCUT2D eigenvalue weighted by Crippen LogP contribution is 2.17. The average Bonchev–Trinajstić information content (AvgIpc) is 2.63. The monoisotopic (exact) mass is 239 g/mol. The summed E-state index contributed by atoms with van der Waals surface area (Å²) >= 11 is 0. The first-order chi connectivity index (χ1) is 7.88. The molecule has 5 nitrogen and oxygen atoms in total. The highest BCUT2D eigenvalue weighted by Gasteiger charge is 2.28. The van der Waals surface area contributed by atoms with Crippen LogP contribution in [-0.4, -0.2) is 22.5 Å². The molecule has 0 saturated heterocycles. The minimum atomic E-state index is -0.932. The normalized spacial score (nSPS) is 14.1. The molecule has 0 spiro atoms. The zero-order chi connectivity index (χ0) is 13.1. The average molecular weight is 239 g/mol. The standard InChI is InChI=1S/C12H17NO4/c1-4-12(3,7-10(14)15)13-11(16)9-5-6-17-8(9)2/h5-6H,4,7H2,1-3H3,(H,13,16)(H,14,15)/t12-/m1/s1. The van der Waals surface area contributed by atoms with Crippen molar-refractivity contribution in [1.29, 1.82) is 0 Å². The van der Waals surface area contributed by atoms with E-state index in [0.717, 1.165) is 0 Å². The summed E-state index contributed by atoms with van der Waals surface area (Å²) in [5.41, 5.74) is -0.304. The van der Waals surface area contributed by atoms with Gasteiger partial charge in [0.1, 0.15) is 5.76 Å². The maximum atomic E-state index is 11.9. The number of aryl methyl sites for hydroxylation is 1. The van der Waals surface area contributed by atoms with Crippen molar-refractivity contribution in [2.75, 3.05) is 0 Å². The van der Waals surface area contributed by atoms with Gasteiger partial charge in [-0.05, 0) is 26.3 Å². The van der Waals surface area contributed by atoms with Crippen LogP contribution in [0.1, 0.15) is 42.8 Å². The van der Waals surface area contributed by atoms with E-state index in [4.69, 9.17) is 9.52 Å². The molecule has 1 atom stereocenters. The number of hydrogen-bond donors (Lipinski definition) is 2. The minimum absolute atomic E-state index is 0.105. The lowest BCUT2D eigenvalue weighted by Gasteiger charge is -2.27. The van der Waals surface area contributed by atoms with Crippen LogP contribution in [0.3, 0.4) is 0 Å². The number of carbonyl (C=O) groups excluding carboxylic acids is 1. The van der Waals surface area contributed by atoms with Crippen LogP contribution in [0.2, 0.25) is 0 Å². The predicted molar refractivity (Wildman–Crippen MR) is 61.9 cm³/mol. The summed E-state index contributed by atoms with van der Waals surface area (Å²) in [6.07, 6.45) is 1.87. The SMILES string of the molecule is CC[C@](C)(CC(=O)O)NC(=O)c1ccoc1C. The molecule has 1 amide bonds. The molecule has 2 N–H and O–H groups in total. The summed E-state index contributed by atoms with van der Waals surface area (Å²) in [6, 6.07) is 1.57. The molecular formula is C12H17NO4. The van der Waals surface area contributed by atoms with Crippen LogP contribution in [0.5, 0.6) is 0 Å². The molecule has 1 aromatic rings. The van der Waals surface area contributed by atoms with Crippen molar-refractivity contribution in [1.82, 2.24) is 5.32 Å². The number of amides is 1. The molecule has 0 bridgehead atoms. The molecule has 1 rings (SSSR count). The second-order valence-electron chi connectivity index (χ2n) is 4.33. The Labute approximate surface area is 99.8 Å². The Balaban J connectivity index is 2.79. The van der Waals surface area contributed by atoms with E-state index >= 15 is 0 Å². The quantitative estimate of drug-likeness (QED) is 0.823. The lowest BCUT2D eigenvalue weighted by atomic mass is 9.94. The van der Waals surface area contributed by atoms with Gasteiger partial charge in [0.25, 0.3) is 5.91 Å². The van der Waals surface area contributed by atoms with Gasteiger partial charge < -0.3 is 14.8 Å². The molecule has 0 fully saturated rings. The van der Waals surface area contributed by atoms with E-state index in [0.29, 0.717) is 17.7 Å². The maximum absolute atomic E-state index is 11.9. The van der Waals surface area contributed by atoms with Gasteiger partial charge in [-0.25, -0.2) is 0 Å². The topological polar surface area (TPSA) is 79.5 Å². The summed E-state index contributed by atoms with van der Waals surface area (Å²) in [5.74, 6) is -0.711. The first kappa shape index (κ1) is 13.3. The number of carboxylic acids is 1. The van der Waals surface area contributed by atoms with E-state index in [1.54, 1.807) is 19.9 Å². The van der Waals surface area contributed by atoms with Crippen molar-refractivity contribution in [2.45, 2.75) is 39.2 Å². The zero-order valence-electron chi connectivity index (χ0n) is 10.2. The number of furan rings is 1. The van der Waals surface area contributed by atoms with Crippen molar-refractivity contribution < 1.29 is 19.1 Å². The number of hydrogen-bond acceptors (Lipinski definition) is 3. The van der Waals surface area contributed by atoms with Gasteiger partial charge in [0.15, 0.2) is 0 Å². The van der Waals surface area contributed by atoms with E-state index in [-0.39, 0.29) is 12.3 Å².